The van der Waals surface area contributed by atoms with E-state index in [9.17, 15) is 9.59 Å². The third-order valence-corrected chi connectivity index (χ3v) is 4.89. The van der Waals surface area contributed by atoms with E-state index in [1.165, 1.54) is 0 Å². The SMILES string of the molecule is COCc1ccc(C(=O)N2CCN(C(=O)CN3CCOCC3)CC2)cc1. The normalized spacial score (nSPS) is 18.8. The van der Waals surface area contributed by atoms with Crippen molar-refractivity contribution in [3.8, 4) is 0 Å². The number of benzene rings is 1. The lowest BCUT2D eigenvalue weighted by Crippen LogP contribution is -2.53. The van der Waals surface area contributed by atoms with Gasteiger partial charge in [-0.05, 0) is 17.7 Å². The third kappa shape index (κ3) is 4.81. The number of carbonyl (C=O) groups excluding carboxylic acids is 2. The lowest BCUT2D eigenvalue weighted by atomic mass is 10.1. The van der Waals surface area contributed by atoms with E-state index in [-0.39, 0.29) is 11.8 Å². The molecule has 7 nitrogen and oxygen atoms in total. The first-order valence-electron chi connectivity index (χ1n) is 9.12. The Morgan fingerprint density at radius 2 is 1.58 bits per heavy atom. The highest BCUT2D eigenvalue weighted by atomic mass is 16.5. The average molecular weight is 361 g/mol. The van der Waals surface area contributed by atoms with E-state index in [0.29, 0.717) is 58.1 Å². The van der Waals surface area contributed by atoms with Crippen LogP contribution in [0.3, 0.4) is 0 Å². The Morgan fingerprint density at radius 1 is 0.962 bits per heavy atom. The average Bonchev–Trinajstić information content (AvgIpc) is 2.69. The van der Waals surface area contributed by atoms with E-state index >= 15 is 0 Å². The number of nitrogens with zero attached hydrogens (tertiary/aromatic N) is 3. The minimum Gasteiger partial charge on any atom is -0.380 e. The number of morpholine rings is 1. The molecule has 0 aliphatic carbocycles. The van der Waals surface area contributed by atoms with Crippen molar-refractivity contribution in [2.45, 2.75) is 6.61 Å². The van der Waals surface area contributed by atoms with E-state index in [0.717, 1.165) is 18.7 Å². The van der Waals surface area contributed by atoms with Crippen molar-refractivity contribution in [2.24, 2.45) is 0 Å². The van der Waals surface area contributed by atoms with Crippen LogP contribution in [-0.4, -0.2) is 92.7 Å². The van der Waals surface area contributed by atoms with Crippen LogP contribution in [0.1, 0.15) is 15.9 Å². The molecule has 2 aliphatic rings. The minimum atomic E-state index is 0.0224. The van der Waals surface area contributed by atoms with Gasteiger partial charge in [-0.1, -0.05) is 12.1 Å². The molecule has 0 bridgehead atoms. The number of hydrogen-bond donors (Lipinski definition) is 0. The minimum absolute atomic E-state index is 0.0224. The zero-order chi connectivity index (χ0) is 18.4. The van der Waals surface area contributed by atoms with Crippen molar-refractivity contribution in [3.63, 3.8) is 0 Å². The van der Waals surface area contributed by atoms with Gasteiger partial charge in [0.2, 0.25) is 5.91 Å². The largest absolute Gasteiger partial charge is 0.380 e. The van der Waals surface area contributed by atoms with Gasteiger partial charge >= 0.3 is 0 Å². The molecular weight excluding hydrogens is 334 g/mol. The number of ether oxygens (including phenoxy) is 2. The number of piperazine rings is 1. The summed E-state index contributed by atoms with van der Waals surface area (Å²) in [5.41, 5.74) is 1.72. The smallest absolute Gasteiger partial charge is 0.253 e. The number of amides is 2. The third-order valence-electron chi connectivity index (χ3n) is 4.89. The molecule has 0 atom stereocenters. The summed E-state index contributed by atoms with van der Waals surface area (Å²) in [6.07, 6.45) is 0. The lowest BCUT2D eigenvalue weighted by molar-refractivity contribution is -0.134. The van der Waals surface area contributed by atoms with Gasteiger partial charge in [-0.25, -0.2) is 0 Å². The van der Waals surface area contributed by atoms with Crippen molar-refractivity contribution in [1.82, 2.24) is 14.7 Å². The van der Waals surface area contributed by atoms with E-state index in [1.54, 1.807) is 7.11 Å². The van der Waals surface area contributed by atoms with Crippen LogP contribution in [0.4, 0.5) is 0 Å². The Bertz CT molecular complexity index is 606. The molecule has 2 amide bonds. The molecule has 7 heteroatoms. The summed E-state index contributed by atoms with van der Waals surface area (Å²) >= 11 is 0. The molecule has 2 fully saturated rings. The predicted molar refractivity (Wildman–Crippen MR) is 96.9 cm³/mol. The first-order chi connectivity index (χ1) is 12.7. The molecule has 26 heavy (non-hydrogen) atoms. The molecule has 2 heterocycles. The predicted octanol–water partition coefficient (Wildman–Crippen LogP) is 0.450. The van der Waals surface area contributed by atoms with Gasteiger partial charge in [0.15, 0.2) is 0 Å². The maximum atomic E-state index is 12.6. The fourth-order valence-corrected chi connectivity index (χ4v) is 3.30. The highest BCUT2D eigenvalue weighted by molar-refractivity contribution is 5.94. The van der Waals surface area contributed by atoms with Gasteiger partial charge in [0, 0.05) is 51.9 Å². The van der Waals surface area contributed by atoms with Crippen LogP contribution in [-0.2, 0) is 20.9 Å². The molecule has 0 unspecified atom stereocenters. The van der Waals surface area contributed by atoms with Crippen LogP contribution in [0.15, 0.2) is 24.3 Å². The zero-order valence-corrected chi connectivity index (χ0v) is 15.4. The second kappa shape index (κ2) is 9.12. The molecule has 0 radical (unpaired) electrons. The van der Waals surface area contributed by atoms with Crippen LogP contribution in [0, 0.1) is 0 Å². The quantitative estimate of drug-likeness (QED) is 0.762. The molecule has 3 rings (SSSR count). The monoisotopic (exact) mass is 361 g/mol. The van der Waals surface area contributed by atoms with Crippen LogP contribution in [0.2, 0.25) is 0 Å². The van der Waals surface area contributed by atoms with Crippen LogP contribution < -0.4 is 0 Å². The van der Waals surface area contributed by atoms with Gasteiger partial charge in [0.25, 0.3) is 5.91 Å². The van der Waals surface area contributed by atoms with E-state index in [4.69, 9.17) is 9.47 Å². The second-order valence-electron chi connectivity index (χ2n) is 6.69. The van der Waals surface area contributed by atoms with Gasteiger partial charge in [-0.15, -0.1) is 0 Å². The number of rotatable bonds is 5. The first kappa shape index (κ1) is 18.8. The Kier molecular flexibility index (Phi) is 6.60. The molecule has 1 aromatic carbocycles. The van der Waals surface area contributed by atoms with Gasteiger partial charge in [0.1, 0.15) is 0 Å². The Balaban J connectivity index is 1.47. The summed E-state index contributed by atoms with van der Waals surface area (Å²) in [5, 5.41) is 0. The zero-order valence-electron chi connectivity index (χ0n) is 15.4. The molecular formula is C19H27N3O4. The molecule has 0 N–H and O–H groups in total. The summed E-state index contributed by atoms with van der Waals surface area (Å²) in [6, 6.07) is 7.51. The fourth-order valence-electron chi connectivity index (χ4n) is 3.30. The second-order valence-corrected chi connectivity index (χ2v) is 6.69. The summed E-state index contributed by atoms with van der Waals surface area (Å²) < 4.78 is 10.4. The molecule has 1 aromatic rings. The van der Waals surface area contributed by atoms with E-state index in [1.807, 2.05) is 34.1 Å². The fraction of sp³-hybridized carbons (Fsp3) is 0.579. The lowest BCUT2D eigenvalue weighted by Gasteiger charge is -2.36. The van der Waals surface area contributed by atoms with Crippen molar-refractivity contribution < 1.29 is 19.1 Å². The first-order valence-corrected chi connectivity index (χ1v) is 9.12. The van der Waals surface area contributed by atoms with Crippen LogP contribution in [0.25, 0.3) is 0 Å². The van der Waals surface area contributed by atoms with Crippen molar-refractivity contribution in [1.29, 1.82) is 0 Å². The summed E-state index contributed by atoms with van der Waals surface area (Å²) in [5.74, 6) is 0.164. The standard InChI is InChI=1S/C19H27N3O4/c1-25-15-16-2-4-17(5-3-16)19(24)22-8-6-21(7-9-22)18(23)14-20-10-12-26-13-11-20/h2-5H,6-15H2,1H3. The Hall–Kier alpha value is -1.96. The van der Waals surface area contributed by atoms with Crippen LogP contribution >= 0.6 is 0 Å². The van der Waals surface area contributed by atoms with Crippen molar-refractivity contribution in [2.75, 3.05) is 66.1 Å². The number of methoxy groups -OCH3 is 1. The Morgan fingerprint density at radius 3 is 2.19 bits per heavy atom. The number of hydrogen-bond acceptors (Lipinski definition) is 5. The summed E-state index contributed by atoms with van der Waals surface area (Å²) in [4.78, 5) is 30.9. The molecule has 0 spiro atoms. The van der Waals surface area contributed by atoms with Crippen molar-refractivity contribution in [3.05, 3.63) is 35.4 Å². The highest BCUT2D eigenvalue weighted by Crippen LogP contribution is 2.11. The summed E-state index contributed by atoms with van der Waals surface area (Å²) in [7, 11) is 1.65. The molecule has 142 valence electrons. The van der Waals surface area contributed by atoms with E-state index in [2.05, 4.69) is 4.90 Å². The van der Waals surface area contributed by atoms with Gasteiger partial charge < -0.3 is 19.3 Å². The van der Waals surface area contributed by atoms with E-state index < -0.39 is 0 Å². The van der Waals surface area contributed by atoms with Crippen molar-refractivity contribution >= 4 is 11.8 Å². The maximum Gasteiger partial charge on any atom is 0.253 e. The molecule has 0 aromatic heterocycles. The molecule has 2 saturated heterocycles. The van der Waals surface area contributed by atoms with Gasteiger partial charge in [0.05, 0.1) is 26.4 Å². The highest BCUT2D eigenvalue weighted by Gasteiger charge is 2.26. The maximum absolute atomic E-state index is 12.6. The van der Waals surface area contributed by atoms with Gasteiger partial charge in [-0.2, -0.15) is 0 Å². The molecule has 2 aliphatic heterocycles. The number of carbonyl (C=O) groups is 2. The Labute approximate surface area is 154 Å². The topological polar surface area (TPSA) is 62.3 Å². The van der Waals surface area contributed by atoms with Crippen LogP contribution in [0.5, 0.6) is 0 Å². The van der Waals surface area contributed by atoms with Gasteiger partial charge in [-0.3, -0.25) is 14.5 Å². The summed E-state index contributed by atoms with van der Waals surface area (Å²) in [6.45, 7) is 6.33. The molecule has 0 saturated carbocycles.